The van der Waals surface area contributed by atoms with E-state index in [1.165, 1.54) is 0 Å². The van der Waals surface area contributed by atoms with Crippen LogP contribution < -0.4 is 4.74 Å². The van der Waals surface area contributed by atoms with Crippen molar-refractivity contribution < 1.29 is 4.74 Å². The minimum Gasteiger partial charge on any atom is -0.487 e. The summed E-state index contributed by atoms with van der Waals surface area (Å²) in [6.45, 7) is 4.44. The normalized spacial score (nSPS) is 10.3. The Morgan fingerprint density at radius 3 is 2.53 bits per heavy atom. The van der Waals surface area contributed by atoms with Crippen LogP contribution in [0.1, 0.15) is 16.8 Å². The third-order valence-electron chi connectivity index (χ3n) is 2.46. The SMILES string of the molecule is Cc1cccc(C)c1OCc1ccnc(Cl)n1. The molecule has 4 heteroatoms. The molecule has 1 aromatic heterocycles. The molecule has 0 saturated heterocycles. The first-order chi connectivity index (χ1) is 8.16. The summed E-state index contributed by atoms with van der Waals surface area (Å²) in [4.78, 5) is 7.91. The summed E-state index contributed by atoms with van der Waals surface area (Å²) in [6, 6.07) is 7.85. The molecule has 0 bridgehead atoms. The van der Waals surface area contributed by atoms with E-state index in [2.05, 4.69) is 9.97 Å². The number of ether oxygens (including phenoxy) is 1. The molecular weight excluding hydrogens is 236 g/mol. The van der Waals surface area contributed by atoms with Crippen molar-refractivity contribution in [2.24, 2.45) is 0 Å². The Kier molecular flexibility index (Phi) is 3.59. The van der Waals surface area contributed by atoms with Crippen LogP contribution in [-0.2, 0) is 6.61 Å². The van der Waals surface area contributed by atoms with Crippen molar-refractivity contribution in [3.63, 3.8) is 0 Å². The molecule has 17 heavy (non-hydrogen) atoms. The second-order valence-corrected chi connectivity index (χ2v) is 4.16. The first-order valence-corrected chi connectivity index (χ1v) is 5.71. The molecule has 0 saturated carbocycles. The summed E-state index contributed by atoms with van der Waals surface area (Å²) >= 11 is 5.71. The van der Waals surface area contributed by atoms with Crippen LogP contribution in [0.15, 0.2) is 30.5 Å². The Morgan fingerprint density at radius 2 is 1.88 bits per heavy atom. The highest BCUT2D eigenvalue weighted by Crippen LogP contribution is 2.23. The monoisotopic (exact) mass is 248 g/mol. The van der Waals surface area contributed by atoms with Crippen molar-refractivity contribution in [2.45, 2.75) is 20.5 Å². The summed E-state index contributed by atoms with van der Waals surface area (Å²) in [5.41, 5.74) is 3.00. The minimum absolute atomic E-state index is 0.243. The molecule has 88 valence electrons. The van der Waals surface area contributed by atoms with E-state index in [0.29, 0.717) is 6.61 Å². The van der Waals surface area contributed by atoms with Crippen molar-refractivity contribution in [3.8, 4) is 5.75 Å². The fraction of sp³-hybridized carbons (Fsp3) is 0.231. The van der Waals surface area contributed by atoms with Crippen LogP contribution in [0.2, 0.25) is 5.28 Å². The molecule has 0 aliphatic carbocycles. The van der Waals surface area contributed by atoms with Gasteiger partial charge in [-0.2, -0.15) is 0 Å². The zero-order valence-corrected chi connectivity index (χ0v) is 10.5. The third kappa shape index (κ3) is 2.94. The zero-order valence-electron chi connectivity index (χ0n) is 9.77. The molecule has 0 aliphatic rings. The van der Waals surface area contributed by atoms with Gasteiger partial charge in [0.1, 0.15) is 12.4 Å². The van der Waals surface area contributed by atoms with Gasteiger partial charge in [0.25, 0.3) is 0 Å². The molecule has 0 aliphatic heterocycles. The molecule has 2 aromatic rings. The van der Waals surface area contributed by atoms with Gasteiger partial charge >= 0.3 is 0 Å². The van der Waals surface area contributed by atoms with Crippen molar-refractivity contribution in [3.05, 3.63) is 52.6 Å². The topological polar surface area (TPSA) is 35.0 Å². The summed E-state index contributed by atoms with van der Waals surface area (Å²) in [7, 11) is 0. The van der Waals surface area contributed by atoms with Gasteiger partial charge in [0.05, 0.1) is 5.69 Å². The number of benzene rings is 1. The molecule has 3 nitrogen and oxygen atoms in total. The van der Waals surface area contributed by atoms with Gasteiger partial charge in [0.2, 0.25) is 5.28 Å². The van der Waals surface area contributed by atoms with Crippen LogP contribution in [0.5, 0.6) is 5.75 Å². The lowest BCUT2D eigenvalue weighted by Crippen LogP contribution is -2.01. The van der Waals surface area contributed by atoms with E-state index in [0.717, 1.165) is 22.6 Å². The van der Waals surface area contributed by atoms with Crippen molar-refractivity contribution >= 4 is 11.6 Å². The lowest BCUT2D eigenvalue weighted by atomic mass is 10.1. The molecule has 0 unspecified atom stereocenters. The molecule has 0 N–H and O–H groups in total. The van der Waals surface area contributed by atoms with Gasteiger partial charge in [-0.1, -0.05) is 18.2 Å². The van der Waals surface area contributed by atoms with Crippen LogP contribution in [0.4, 0.5) is 0 Å². The number of hydrogen-bond acceptors (Lipinski definition) is 3. The summed E-state index contributed by atoms with van der Waals surface area (Å²) < 4.78 is 5.76. The van der Waals surface area contributed by atoms with Gasteiger partial charge in [-0.25, -0.2) is 9.97 Å². The van der Waals surface area contributed by atoms with Gasteiger partial charge in [0, 0.05) is 6.20 Å². The first-order valence-electron chi connectivity index (χ1n) is 5.33. The quantitative estimate of drug-likeness (QED) is 0.782. The number of para-hydroxylation sites is 1. The van der Waals surface area contributed by atoms with Crippen molar-refractivity contribution in [1.82, 2.24) is 9.97 Å². The fourth-order valence-electron chi connectivity index (χ4n) is 1.62. The summed E-state index contributed by atoms with van der Waals surface area (Å²) in [6.07, 6.45) is 1.62. The average molecular weight is 249 g/mol. The number of aromatic nitrogens is 2. The van der Waals surface area contributed by atoms with Gasteiger partial charge in [-0.15, -0.1) is 0 Å². The van der Waals surface area contributed by atoms with E-state index in [1.807, 2.05) is 32.0 Å². The average Bonchev–Trinajstić information content (AvgIpc) is 2.28. The number of hydrogen-bond donors (Lipinski definition) is 0. The Bertz CT molecular complexity index is 508. The van der Waals surface area contributed by atoms with Gasteiger partial charge in [-0.05, 0) is 42.6 Å². The smallest absolute Gasteiger partial charge is 0.222 e. The Hall–Kier alpha value is -1.61. The predicted octanol–water partition coefficient (Wildman–Crippen LogP) is 3.33. The van der Waals surface area contributed by atoms with E-state index in [1.54, 1.807) is 12.3 Å². The Balaban J connectivity index is 2.13. The molecule has 0 spiro atoms. The molecule has 2 rings (SSSR count). The van der Waals surface area contributed by atoms with E-state index in [9.17, 15) is 0 Å². The second kappa shape index (κ2) is 5.15. The van der Waals surface area contributed by atoms with Crippen LogP contribution in [-0.4, -0.2) is 9.97 Å². The lowest BCUT2D eigenvalue weighted by molar-refractivity contribution is 0.297. The number of aryl methyl sites for hydroxylation is 2. The molecule has 1 heterocycles. The van der Waals surface area contributed by atoms with E-state index in [4.69, 9.17) is 16.3 Å². The Morgan fingerprint density at radius 1 is 1.18 bits per heavy atom. The van der Waals surface area contributed by atoms with E-state index < -0.39 is 0 Å². The molecule has 0 radical (unpaired) electrons. The molecule has 0 amide bonds. The number of nitrogens with zero attached hydrogens (tertiary/aromatic N) is 2. The molecule has 0 atom stereocenters. The lowest BCUT2D eigenvalue weighted by Gasteiger charge is -2.11. The number of rotatable bonds is 3. The van der Waals surface area contributed by atoms with Crippen LogP contribution in [0, 0.1) is 13.8 Å². The largest absolute Gasteiger partial charge is 0.487 e. The zero-order chi connectivity index (χ0) is 12.3. The minimum atomic E-state index is 0.243. The van der Waals surface area contributed by atoms with E-state index >= 15 is 0 Å². The van der Waals surface area contributed by atoms with Crippen LogP contribution >= 0.6 is 11.6 Å². The maximum atomic E-state index is 5.76. The Labute approximate surface area is 105 Å². The fourth-order valence-corrected chi connectivity index (χ4v) is 1.79. The van der Waals surface area contributed by atoms with Gasteiger partial charge in [0.15, 0.2) is 0 Å². The highest BCUT2D eigenvalue weighted by Gasteiger charge is 2.04. The second-order valence-electron chi connectivity index (χ2n) is 3.83. The summed E-state index contributed by atoms with van der Waals surface area (Å²) in [5.74, 6) is 0.905. The number of halogens is 1. The van der Waals surface area contributed by atoms with Crippen molar-refractivity contribution in [2.75, 3.05) is 0 Å². The molecule has 1 aromatic carbocycles. The highest BCUT2D eigenvalue weighted by atomic mass is 35.5. The maximum Gasteiger partial charge on any atom is 0.222 e. The van der Waals surface area contributed by atoms with Crippen LogP contribution in [0.3, 0.4) is 0 Å². The highest BCUT2D eigenvalue weighted by molar-refractivity contribution is 6.28. The predicted molar refractivity (Wildman–Crippen MR) is 67.3 cm³/mol. The van der Waals surface area contributed by atoms with Gasteiger partial charge in [-0.3, -0.25) is 0 Å². The van der Waals surface area contributed by atoms with Crippen molar-refractivity contribution in [1.29, 1.82) is 0 Å². The summed E-state index contributed by atoms with van der Waals surface area (Å²) in [5, 5.41) is 0.243. The maximum absolute atomic E-state index is 5.76. The standard InChI is InChI=1S/C13H13ClN2O/c1-9-4-3-5-10(2)12(9)17-8-11-6-7-15-13(14)16-11/h3-7H,8H2,1-2H3. The van der Waals surface area contributed by atoms with Gasteiger partial charge < -0.3 is 4.74 Å². The third-order valence-corrected chi connectivity index (χ3v) is 2.64. The van der Waals surface area contributed by atoms with E-state index in [-0.39, 0.29) is 5.28 Å². The molecule has 0 fully saturated rings. The van der Waals surface area contributed by atoms with Crippen LogP contribution in [0.25, 0.3) is 0 Å². The first kappa shape index (κ1) is 11.9. The molecular formula is C13H13ClN2O.